The molecule has 0 aromatic carbocycles. The van der Waals surface area contributed by atoms with Crippen molar-refractivity contribution in [2.75, 3.05) is 13.2 Å². The van der Waals surface area contributed by atoms with E-state index in [-0.39, 0.29) is 0 Å². The van der Waals surface area contributed by atoms with Gasteiger partial charge in [0.1, 0.15) is 13.2 Å². The maximum atomic E-state index is 12.2. The van der Waals surface area contributed by atoms with Crippen molar-refractivity contribution in [3.8, 4) is 0 Å². The molecule has 0 aromatic heterocycles. The zero-order chi connectivity index (χ0) is 12.3. The van der Waals surface area contributed by atoms with E-state index in [4.69, 9.17) is 4.89 Å². The lowest BCUT2D eigenvalue weighted by Crippen LogP contribution is -2.21. The van der Waals surface area contributed by atoms with Gasteiger partial charge in [-0.25, -0.2) is 22.1 Å². The van der Waals surface area contributed by atoms with Gasteiger partial charge in [0.2, 0.25) is 0 Å². The van der Waals surface area contributed by atoms with E-state index in [2.05, 4.69) is 9.05 Å². The smallest absolute Gasteiger partial charge is 0.302 e. The van der Waals surface area contributed by atoms with Gasteiger partial charge in [-0.3, -0.25) is 9.05 Å². The number of hydrogen-bond acceptors (Lipinski definition) is 3. The Labute approximate surface area is 83.8 Å². The van der Waals surface area contributed by atoms with E-state index < -0.39 is 32.9 Å². The topological polar surface area (TPSA) is 55.8 Å². The number of phosphoric ester groups is 1. The van der Waals surface area contributed by atoms with Crippen molar-refractivity contribution in [2.45, 2.75) is 25.7 Å². The molecule has 0 atom stereocenters. The minimum Gasteiger partial charge on any atom is -0.302 e. The van der Waals surface area contributed by atoms with Crippen molar-refractivity contribution >= 4 is 7.82 Å². The average Bonchev–Trinajstić information content (AvgIpc) is 1.96. The van der Waals surface area contributed by atoms with E-state index in [0.717, 1.165) is 0 Å². The SMILES string of the molecule is CC(F)(F)COP(=O)(O)OCC(C)(F)F. The minimum atomic E-state index is -4.85. The van der Waals surface area contributed by atoms with E-state index in [1.54, 1.807) is 0 Å². The summed E-state index contributed by atoms with van der Waals surface area (Å²) in [6, 6.07) is 0. The first-order chi connectivity index (χ1) is 6.41. The molecule has 0 aliphatic rings. The molecule has 0 rings (SSSR count). The van der Waals surface area contributed by atoms with Crippen LogP contribution in [-0.4, -0.2) is 30.0 Å². The quantitative estimate of drug-likeness (QED) is 0.584. The van der Waals surface area contributed by atoms with Crippen LogP contribution in [-0.2, 0) is 13.6 Å². The molecule has 4 nitrogen and oxygen atoms in total. The summed E-state index contributed by atoms with van der Waals surface area (Å²) in [7, 11) is -4.85. The molecule has 0 aliphatic heterocycles. The maximum Gasteiger partial charge on any atom is 0.472 e. The van der Waals surface area contributed by atoms with Gasteiger partial charge >= 0.3 is 7.82 Å². The molecular weight excluding hydrogens is 243 g/mol. The molecule has 0 saturated heterocycles. The number of alkyl halides is 4. The fourth-order valence-corrected chi connectivity index (χ4v) is 1.28. The van der Waals surface area contributed by atoms with Crippen LogP contribution in [0.4, 0.5) is 17.6 Å². The summed E-state index contributed by atoms with van der Waals surface area (Å²) in [5.74, 6) is -6.67. The first-order valence-electron chi connectivity index (χ1n) is 3.79. The van der Waals surface area contributed by atoms with Gasteiger partial charge in [-0.05, 0) is 0 Å². The van der Waals surface area contributed by atoms with E-state index in [9.17, 15) is 22.1 Å². The van der Waals surface area contributed by atoms with Crippen LogP contribution in [0.1, 0.15) is 13.8 Å². The van der Waals surface area contributed by atoms with Crippen LogP contribution in [0.3, 0.4) is 0 Å². The molecule has 0 saturated carbocycles. The van der Waals surface area contributed by atoms with Crippen LogP contribution in [0, 0.1) is 0 Å². The molecule has 9 heteroatoms. The van der Waals surface area contributed by atoms with Gasteiger partial charge in [-0.1, -0.05) is 0 Å². The monoisotopic (exact) mass is 254 g/mol. The lowest BCUT2D eigenvalue weighted by atomic mass is 10.4. The highest BCUT2D eigenvalue weighted by Crippen LogP contribution is 2.45. The number of rotatable bonds is 6. The van der Waals surface area contributed by atoms with Gasteiger partial charge in [-0.2, -0.15) is 0 Å². The third kappa shape index (κ3) is 10.1. The van der Waals surface area contributed by atoms with E-state index in [1.807, 2.05) is 0 Å². The van der Waals surface area contributed by atoms with Gasteiger partial charge in [0.25, 0.3) is 11.8 Å². The zero-order valence-corrected chi connectivity index (χ0v) is 8.94. The Kier molecular flexibility index (Phi) is 4.72. The second-order valence-corrected chi connectivity index (χ2v) is 4.61. The third-order valence-electron chi connectivity index (χ3n) is 0.962. The van der Waals surface area contributed by atoms with Crippen molar-refractivity contribution < 1.29 is 36.1 Å². The summed E-state index contributed by atoms with van der Waals surface area (Å²) >= 11 is 0. The maximum absolute atomic E-state index is 12.2. The predicted octanol–water partition coefficient (Wildman–Crippen LogP) is 2.43. The highest BCUT2D eigenvalue weighted by Gasteiger charge is 2.33. The molecule has 0 aromatic rings. The number of halogens is 4. The average molecular weight is 254 g/mol. The minimum absolute atomic E-state index is 0.446. The number of phosphoric acid groups is 1. The van der Waals surface area contributed by atoms with Crippen molar-refractivity contribution in [1.82, 2.24) is 0 Å². The van der Waals surface area contributed by atoms with Crippen molar-refractivity contribution in [3.05, 3.63) is 0 Å². The fourth-order valence-electron chi connectivity index (χ4n) is 0.427. The first-order valence-corrected chi connectivity index (χ1v) is 5.28. The summed E-state index contributed by atoms with van der Waals surface area (Å²) in [5.41, 5.74) is 0. The van der Waals surface area contributed by atoms with E-state index in [1.165, 1.54) is 0 Å². The highest BCUT2D eigenvalue weighted by molar-refractivity contribution is 7.47. The van der Waals surface area contributed by atoms with Crippen molar-refractivity contribution in [2.24, 2.45) is 0 Å². The standard InChI is InChI=1S/C6H11F4O4P/c1-5(7,8)3-13-15(11,12)14-4-6(2,9)10/h3-4H2,1-2H3,(H,11,12). The Morgan fingerprint density at radius 2 is 1.33 bits per heavy atom. The van der Waals surface area contributed by atoms with Crippen LogP contribution in [0.5, 0.6) is 0 Å². The summed E-state index contributed by atoms with van der Waals surface area (Å²) in [5, 5.41) is 0. The van der Waals surface area contributed by atoms with Gasteiger partial charge in [0, 0.05) is 13.8 Å². The molecule has 1 N–H and O–H groups in total. The third-order valence-corrected chi connectivity index (χ3v) is 1.87. The van der Waals surface area contributed by atoms with Crippen LogP contribution < -0.4 is 0 Å². The van der Waals surface area contributed by atoms with Crippen molar-refractivity contribution in [3.63, 3.8) is 0 Å². The second-order valence-electron chi connectivity index (χ2n) is 3.16. The largest absolute Gasteiger partial charge is 0.472 e. The Balaban J connectivity index is 4.04. The van der Waals surface area contributed by atoms with Crippen LogP contribution in [0.25, 0.3) is 0 Å². The van der Waals surface area contributed by atoms with Crippen LogP contribution in [0.2, 0.25) is 0 Å². The van der Waals surface area contributed by atoms with Crippen LogP contribution in [0.15, 0.2) is 0 Å². The predicted molar refractivity (Wildman–Crippen MR) is 43.0 cm³/mol. The molecule has 0 bridgehead atoms. The molecule has 0 fully saturated rings. The molecule has 0 heterocycles. The molecule has 15 heavy (non-hydrogen) atoms. The summed E-state index contributed by atoms with van der Waals surface area (Å²) < 4.78 is 67.0. The summed E-state index contributed by atoms with van der Waals surface area (Å²) in [6.07, 6.45) is 0. The Hall–Kier alpha value is -0.170. The Morgan fingerprint density at radius 3 is 1.53 bits per heavy atom. The molecule has 0 unspecified atom stereocenters. The summed E-state index contributed by atoms with van der Waals surface area (Å²) in [6.45, 7) is -1.87. The lowest BCUT2D eigenvalue weighted by Gasteiger charge is -2.17. The molecule has 92 valence electrons. The Bertz CT molecular complexity index is 224. The number of hydrogen-bond donors (Lipinski definition) is 1. The van der Waals surface area contributed by atoms with E-state index in [0.29, 0.717) is 13.8 Å². The molecule has 0 spiro atoms. The van der Waals surface area contributed by atoms with Gasteiger partial charge in [0.15, 0.2) is 0 Å². The van der Waals surface area contributed by atoms with Crippen LogP contribution >= 0.6 is 7.82 Å². The first kappa shape index (κ1) is 14.8. The highest BCUT2D eigenvalue weighted by atomic mass is 31.2. The summed E-state index contributed by atoms with van der Waals surface area (Å²) in [4.78, 5) is 8.69. The van der Waals surface area contributed by atoms with Gasteiger partial charge in [-0.15, -0.1) is 0 Å². The molecule has 0 amide bonds. The Morgan fingerprint density at radius 1 is 1.07 bits per heavy atom. The fraction of sp³-hybridized carbons (Fsp3) is 1.00. The molecule has 0 radical (unpaired) electrons. The second kappa shape index (κ2) is 4.78. The van der Waals surface area contributed by atoms with Gasteiger partial charge < -0.3 is 4.89 Å². The van der Waals surface area contributed by atoms with Crippen molar-refractivity contribution in [1.29, 1.82) is 0 Å². The van der Waals surface area contributed by atoms with E-state index >= 15 is 0 Å². The zero-order valence-electron chi connectivity index (χ0n) is 8.05. The van der Waals surface area contributed by atoms with Gasteiger partial charge in [0.05, 0.1) is 0 Å². The molecular formula is C6H11F4O4P. The lowest BCUT2D eigenvalue weighted by molar-refractivity contribution is -0.0540. The normalized spacial score (nSPS) is 14.3. The molecule has 0 aliphatic carbocycles.